The van der Waals surface area contributed by atoms with Gasteiger partial charge in [0.1, 0.15) is 0 Å². The van der Waals surface area contributed by atoms with E-state index in [0.717, 1.165) is 0 Å². The molecule has 0 aromatic heterocycles. The number of fused-ring (bicyclic) bond motifs is 3. The van der Waals surface area contributed by atoms with E-state index in [-0.39, 0.29) is 5.48 Å². The van der Waals surface area contributed by atoms with Gasteiger partial charge in [0.15, 0.2) is 0 Å². The third-order valence-corrected chi connectivity index (χ3v) is 3.57. The van der Waals surface area contributed by atoms with Gasteiger partial charge in [0.2, 0.25) is 0 Å². The Balaban J connectivity index is 0.00000110. The van der Waals surface area contributed by atoms with Gasteiger partial charge in [-0.2, -0.15) is 0 Å². The van der Waals surface area contributed by atoms with Crippen molar-refractivity contribution >= 4 is 32.3 Å². The van der Waals surface area contributed by atoms with Gasteiger partial charge < -0.3 is 5.48 Å². The van der Waals surface area contributed by atoms with E-state index in [0.29, 0.717) is 0 Å². The maximum Gasteiger partial charge on any atom is -0.0171 e. The first-order chi connectivity index (χ1) is 8.90. The summed E-state index contributed by atoms with van der Waals surface area (Å²) in [5.74, 6) is 0. The van der Waals surface area contributed by atoms with E-state index in [2.05, 4.69) is 72.8 Å². The molecular weight excluding hydrogens is 232 g/mol. The Morgan fingerprint density at radius 2 is 0.632 bits per heavy atom. The minimum Gasteiger partial charge on any atom is -0.412 e. The van der Waals surface area contributed by atoms with Crippen LogP contribution in [0.3, 0.4) is 0 Å². The molecule has 0 unspecified atom stereocenters. The van der Waals surface area contributed by atoms with Crippen molar-refractivity contribution < 1.29 is 5.48 Å². The second-order valence-corrected chi connectivity index (χ2v) is 4.75. The van der Waals surface area contributed by atoms with Gasteiger partial charge in [-0.15, -0.1) is 0 Å². The molecule has 0 bridgehead atoms. The highest BCUT2D eigenvalue weighted by atomic mass is 16.0. The van der Waals surface area contributed by atoms with Gasteiger partial charge in [-0.1, -0.05) is 48.5 Å². The fourth-order valence-electron chi connectivity index (χ4n) is 2.63. The number of hydrogen-bond donors (Lipinski definition) is 0. The lowest BCUT2D eigenvalue weighted by Gasteiger charge is -2.04. The highest BCUT2D eigenvalue weighted by molar-refractivity contribution is 6.04. The van der Waals surface area contributed by atoms with E-state index < -0.39 is 0 Å². The molecule has 4 rings (SSSR count). The molecule has 2 N–H and O–H groups in total. The molecule has 0 atom stereocenters. The maximum atomic E-state index is 2.27. The van der Waals surface area contributed by atoms with Crippen molar-refractivity contribution in [2.24, 2.45) is 0 Å². The number of benzene rings is 4. The average molecular weight is 246 g/mol. The zero-order chi connectivity index (χ0) is 11.9. The van der Waals surface area contributed by atoms with Crippen LogP contribution < -0.4 is 0 Å². The highest BCUT2D eigenvalue weighted by Gasteiger charge is 2.00. The molecule has 19 heavy (non-hydrogen) atoms. The van der Waals surface area contributed by atoms with E-state index in [1.54, 1.807) is 0 Å². The molecule has 0 saturated heterocycles. The second kappa shape index (κ2) is 4.38. The SMILES string of the molecule is O.c1ccc2cc3cc4ccccc4cc3cc2c1. The summed E-state index contributed by atoms with van der Waals surface area (Å²) < 4.78 is 0. The summed E-state index contributed by atoms with van der Waals surface area (Å²) in [7, 11) is 0. The molecule has 4 aromatic rings. The van der Waals surface area contributed by atoms with E-state index >= 15 is 0 Å². The maximum absolute atomic E-state index is 2.27. The molecule has 4 aromatic carbocycles. The smallest absolute Gasteiger partial charge is 0.0171 e. The standard InChI is InChI=1S/C18H12.H2O/c1-2-6-14-10-18-12-16-8-4-3-7-15(16)11-17(18)9-13(14)5-1;/h1-12H;1H2. The predicted molar refractivity (Wildman–Crippen MR) is 82.6 cm³/mol. The molecule has 92 valence electrons. The van der Waals surface area contributed by atoms with Gasteiger partial charge in [-0.25, -0.2) is 0 Å². The van der Waals surface area contributed by atoms with Crippen molar-refractivity contribution in [2.75, 3.05) is 0 Å². The molecule has 0 aliphatic carbocycles. The minimum absolute atomic E-state index is 0. The van der Waals surface area contributed by atoms with E-state index in [9.17, 15) is 0 Å². The van der Waals surface area contributed by atoms with Crippen molar-refractivity contribution in [1.82, 2.24) is 0 Å². The lowest BCUT2D eigenvalue weighted by atomic mass is 10.00. The van der Waals surface area contributed by atoms with Crippen molar-refractivity contribution in [3.8, 4) is 0 Å². The third-order valence-electron chi connectivity index (χ3n) is 3.57. The summed E-state index contributed by atoms with van der Waals surface area (Å²) in [6.07, 6.45) is 0. The van der Waals surface area contributed by atoms with Crippen molar-refractivity contribution in [3.63, 3.8) is 0 Å². The van der Waals surface area contributed by atoms with Crippen molar-refractivity contribution in [1.29, 1.82) is 0 Å². The van der Waals surface area contributed by atoms with Crippen molar-refractivity contribution in [3.05, 3.63) is 72.8 Å². The van der Waals surface area contributed by atoms with E-state index in [4.69, 9.17) is 0 Å². The minimum atomic E-state index is 0. The number of rotatable bonds is 0. The molecule has 0 fully saturated rings. The molecule has 1 nitrogen and oxygen atoms in total. The Morgan fingerprint density at radius 1 is 0.368 bits per heavy atom. The molecule has 0 heterocycles. The summed E-state index contributed by atoms with van der Waals surface area (Å²) in [6, 6.07) is 26.2. The quantitative estimate of drug-likeness (QED) is 0.414. The summed E-state index contributed by atoms with van der Waals surface area (Å²) >= 11 is 0. The highest BCUT2D eigenvalue weighted by Crippen LogP contribution is 2.27. The van der Waals surface area contributed by atoms with Crippen LogP contribution in [-0.4, -0.2) is 5.48 Å². The van der Waals surface area contributed by atoms with Crippen LogP contribution in [0.5, 0.6) is 0 Å². The molecule has 0 aliphatic heterocycles. The van der Waals surface area contributed by atoms with Crippen molar-refractivity contribution in [2.45, 2.75) is 0 Å². The molecule has 1 heteroatoms. The van der Waals surface area contributed by atoms with Gasteiger partial charge in [0, 0.05) is 0 Å². The summed E-state index contributed by atoms with van der Waals surface area (Å²) in [6.45, 7) is 0. The summed E-state index contributed by atoms with van der Waals surface area (Å²) in [5, 5.41) is 7.85. The predicted octanol–water partition coefficient (Wildman–Crippen LogP) is 4.32. The summed E-state index contributed by atoms with van der Waals surface area (Å²) in [4.78, 5) is 0. The van der Waals surface area contributed by atoms with Gasteiger partial charge in [-0.05, 0) is 56.6 Å². The first kappa shape index (κ1) is 11.7. The summed E-state index contributed by atoms with van der Waals surface area (Å²) in [5.41, 5.74) is 0. The third kappa shape index (κ3) is 1.85. The van der Waals surface area contributed by atoms with Gasteiger partial charge in [0.05, 0.1) is 0 Å². The molecular formula is C18H14O. The van der Waals surface area contributed by atoms with Gasteiger partial charge in [-0.3, -0.25) is 0 Å². The Labute approximate surface area is 111 Å². The Kier molecular flexibility index (Phi) is 2.69. The Bertz CT molecular complexity index is 734. The van der Waals surface area contributed by atoms with Crippen LogP contribution in [-0.2, 0) is 0 Å². The van der Waals surface area contributed by atoms with Gasteiger partial charge >= 0.3 is 0 Å². The lowest BCUT2D eigenvalue weighted by Crippen LogP contribution is -1.78. The van der Waals surface area contributed by atoms with E-state index in [1.807, 2.05) is 0 Å². The van der Waals surface area contributed by atoms with Crippen LogP contribution in [0, 0.1) is 0 Å². The molecule has 0 aliphatic rings. The molecule has 0 spiro atoms. The zero-order valence-electron chi connectivity index (χ0n) is 10.4. The van der Waals surface area contributed by atoms with Crippen LogP contribution in [0.2, 0.25) is 0 Å². The fourth-order valence-corrected chi connectivity index (χ4v) is 2.63. The topological polar surface area (TPSA) is 31.5 Å². The van der Waals surface area contributed by atoms with Crippen LogP contribution in [0.1, 0.15) is 0 Å². The monoisotopic (exact) mass is 246 g/mol. The fraction of sp³-hybridized carbons (Fsp3) is 0. The lowest BCUT2D eigenvalue weighted by molar-refractivity contribution is 0.824. The Hall–Kier alpha value is -2.38. The Morgan fingerprint density at radius 3 is 0.895 bits per heavy atom. The first-order valence-electron chi connectivity index (χ1n) is 6.21. The second-order valence-electron chi connectivity index (χ2n) is 4.75. The van der Waals surface area contributed by atoms with E-state index in [1.165, 1.54) is 32.3 Å². The molecule has 0 amide bonds. The molecule has 0 radical (unpaired) electrons. The first-order valence-corrected chi connectivity index (χ1v) is 6.21. The zero-order valence-corrected chi connectivity index (χ0v) is 10.4. The van der Waals surface area contributed by atoms with Crippen LogP contribution in [0.25, 0.3) is 32.3 Å². The normalized spacial score (nSPS) is 10.7. The van der Waals surface area contributed by atoms with Crippen LogP contribution >= 0.6 is 0 Å². The van der Waals surface area contributed by atoms with Crippen LogP contribution in [0.4, 0.5) is 0 Å². The molecule has 0 saturated carbocycles. The largest absolute Gasteiger partial charge is 0.412 e. The van der Waals surface area contributed by atoms with Crippen LogP contribution in [0.15, 0.2) is 72.8 Å². The average Bonchev–Trinajstić information content (AvgIpc) is 2.42. The van der Waals surface area contributed by atoms with Gasteiger partial charge in [0.25, 0.3) is 0 Å². The number of hydrogen-bond acceptors (Lipinski definition) is 0.